The molecule has 1 atom stereocenters. The van der Waals surface area contributed by atoms with E-state index in [4.69, 9.17) is 9.15 Å². The molecule has 4 heteroatoms. The Balaban J connectivity index is 2.01. The third-order valence-corrected chi connectivity index (χ3v) is 4.85. The Morgan fingerprint density at radius 2 is 1.96 bits per heavy atom. The van der Waals surface area contributed by atoms with E-state index in [1.807, 2.05) is 44.2 Å². The molecular formula is C21H18O4. The van der Waals surface area contributed by atoms with Crippen LogP contribution in [-0.2, 0) is 6.42 Å². The summed E-state index contributed by atoms with van der Waals surface area (Å²) in [6.45, 7) is 7.84. The average molecular weight is 334 g/mol. The lowest BCUT2D eigenvalue weighted by Gasteiger charge is -2.23. The number of ether oxygens (including phenoxy) is 1. The lowest BCUT2D eigenvalue weighted by Crippen LogP contribution is -2.30. The quantitative estimate of drug-likeness (QED) is 0.704. The topological polar surface area (TPSA) is 59.7 Å². The summed E-state index contributed by atoms with van der Waals surface area (Å²) in [7, 11) is 0. The van der Waals surface area contributed by atoms with E-state index in [1.165, 1.54) is 12.1 Å². The molecule has 0 saturated heterocycles. The third kappa shape index (κ3) is 2.33. The number of benzene rings is 2. The minimum atomic E-state index is -0.579. The first-order chi connectivity index (χ1) is 11.9. The van der Waals surface area contributed by atoms with Crippen molar-refractivity contribution in [1.82, 2.24) is 0 Å². The van der Waals surface area contributed by atoms with E-state index in [2.05, 4.69) is 6.58 Å². The van der Waals surface area contributed by atoms with Gasteiger partial charge in [-0.05, 0) is 19.4 Å². The summed E-state index contributed by atoms with van der Waals surface area (Å²) in [4.78, 5) is 12.6. The fourth-order valence-electron chi connectivity index (χ4n) is 3.20. The van der Waals surface area contributed by atoms with E-state index < -0.39 is 5.60 Å². The Kier molecular flexibility index (Phi) is 3.25. The van der Waals surface area contributed by atoms with Crippen molar-refractivity contribution in [2.24, 2.45) is 0 Å². The van der Waals surface area contributed by atoms with Gasteiger partial charge in [0.15, 0.2) is 5.43 Å². The number of aromatic hydroxyl groups is 1. The summed E-state index contributed by atoms with van der Waals surface area (Å²) in [5, 5.41) is 10.5. The zero-order valence-electron chi connectivity index (χ0n) is 14.1. The van der Waals surface area contributed by atoms with Gasteiger partial charge >= 0.3 is 0 Å². The molecule has 0 radical (unpaired) electrons. The highest BCUT2D eigenvalue weighted by Crippen LogP contribution is 2.45. The Morgan fingerprint density at radius 1 is 1.24 bits per heavy atom. The third-order valence-electron chi connectivity index (χ3n) is 4.85. The molecule has 0 unspecified atom stereocenters. The van der Waals surface area contributed by atoms with Gasteiger partial charge in [-0.1, -0.05) is 36.9 Å². The summed E-state index contributed by atoms with van der Waals surface area (Å²) >= 11 is 0. The lowest BCUT2D eigenvalue weighted by molar-refractivity contribution is 0.157. The van der Waals surface area contributed by atoms with E-state index >= 15 is 0 Å². The normalized spacial score (nSPS) is 18.8. The van der Waals surface area contributed by atoms with Gasteiger partial charge in [-0.2, -0.15) is 0 Å². The molecule has 3 aromatic rings. The van der Waals surface area contributed by atoms with Crippen molar-refractivity contribution >= 4 is 11.0 Å². The van der Waals surface area contributed by atoms with Gasteiger partial charge in [0.1, 0.15) is 33.8 Å². The predicted molar refractivity (Wildman–Crippen MR) is 97.1 cm³/mol. The first-order valence-corrected chi connectivity index (χ1v) is 8.12. The molecule has 0 saturated carbocycles. The molecule has 2 heterocycles. The Labute approximate surface area is 145 Å². The number of hydrogen-bond donors (Lipinski definition) is 1. The first-order valence-electron chi connectivity index (χ1n) is 8.12. The van der Waals surface area contributed by atoms with Gasteiger partial charge in [0.2, 0.25) is 0 Å². The minimum absolute atomic E-state index is 0.131. The number of phenolic OH excluding ortho intramolecular Hbond substituents is 1. The summed E-state index contributed by atoms with van der Waals surface area (Å²) in [5.74, 6) is 0.867. The molecule has 0 aliphatic carbocycles. The molecule has 1 N–H and O–H groups in total. The Morgan fingerprint density at radius 3 is 2.64 bits per heavy atom. The second-order valence-electron chi connectivity index (χ2n) is 6.71. The number of rotatable bonds is 2. The molecule has 0 amide bonds. The molecule has 4 rings (SSSR count). The largest absolute Gasteiger partial charge is 0.507 e. The molecule has 0 spiro atoms. The van der Waals surface area contributed by atoms with Crippen LogP contribution in [0.3, 0.4) is 0 Å². The zero-order chi connectivity index (χ0) is 17.8. The summed E-state index contributed by atoms with van der Waals surface area (Å²) in [5.41, 5.74) is 1.99. The summed E-state index contributed by atoms with van der Waals surface area (Å²) < 4.78 is 12.1. The minimum Gasteiger partial charge on any atom is -0.507 e. The van der Waals surface area contributed by atoms with Crippen molar-refractivity contribution < 1.29 is 14.3 Å². The van der Waals surface area contributed by atoms with E-state index in [0.29, 0.717) is 23.5 Å². The average Bonchev–Trinajstić information content (AvgIpc) is 2.93. The van der Waals surface area contributed by atoms with Crippen LogP contribution >= 0.6 is 0 Å². The van der Waals surface area contributed by atoms with Crippen LogP contribution in [-0.4, -0.2) is 10.7 Å². The highest BCUT2D eigenvalue weighted by molar-refractivity contribution is 5.90. The van der Waals surface area contributed by atoms with Crippen LogP contribution < -0.4 is 10.2 Å². The molecule has 1 aliphatic rings. The number of fused-ring (bicyclic) bond motifs is 3. The van der Waals surface area contributed by atoms with E-state index in [-0.39, 0.29) is 16.6 Å². The SMILES string of the molecule is C=C(C)[C@@]1(C)Cc2c(cc(O)c3c(=O)cc(-c4ccccc4)oc23)O1. The van der Waals surface area contributed by atoms with Crippen LogP contribution in [0.5, 0.6) is 11.5 Å². The van der Waals surface area contributed by atoms with E-state index in [0.717, 1.165) is 16.7 Å². The molecule has 1 aromatic heterocycles. The lowest BCUT2D eigenvalue weighted by atomic mass is 9.92. The van der Waals surface area contributed by atoms with Gasteiger partial charge in [-0.25, -0.2) is 0 Å². The van der Waals surface area contributed by atoms with Gasteiger partial charge in [-0.3, -0.25) is 4.79 Å². The Hall–Kier alpha value is -3.01. The van der Waals surface area contributed by atoms with Gasteiger partial charge < -0.3 is 14.3 Å². The monoisotopic (exact) mass is 334 g/mol. The van der Waals surface area contributed by atoms with Crippen LogP contribution in [0.1, 0.15) is 19.4 Å². The molecule has 2 aromatic carbocycles. The van der Waals surface area contributed by atoms with Crippen molar-refractivity contribution in [3.63, 3.8) is 0 Å². The highest BCUT2D eigenvalue weighted by atomic mass is 16.5. The first kappa shape index (κ1) is 15.5. The van der Waals surface area contributed by atoms with Crippen molar-refractivity contribution in [1.29, 1.82) is 0 Å². The second-order valence-corrected chi connectivity index (χ2v) is 6.71. The second kappa shape index (κ2) is 5.24. The molecule has 0 fully saturated rings. The van der Waals surface area contributed by atoms with E-state index in [9.17, 15) is 9.90 Å². The van der Waals surface area contributed by atoms with Crippen LogP contribution in [0.15, 0.2) is 63.8 Å². The zero-order valence-corrected chi connectivity index (χ0v) is 14.1. The van der Waals surface area contributed by atoms with Crippen molar-refractivity contribution in [2.45, 2.75) is 25.9 Å². The maximum Gasteiger partial charge on any atom is 0.197 e. The predicted octanol–water partition coefficient (Wildman–Crippen LogP) is 4.44. The molecule has 0 bridgehead atoms. The van der Waals surface area contributed by atoms with Gasteiger partial charge in [0.25, 0.3) is 0 Å². The Bertz CT molecular complexity index is 1060. The molecule has 4 nitrogen and oxygen atoms in total. The molecule has 1 aliphatic heterocycles. The molecular weight excluding hydrogens is 316 g/mol. The van der Waals surface area contributed by atoms with Crippen LogP contribution in [0.4, 0.5) is 0 Å². The maximum absolute atomic E-state index is 12.6. The standard InChI is InChI=1S/C21H18O4/c1-12(2)21(3)11-14-18(25-21)10-16(23)19-15(22)9-17(24-20(14)19)13-7-5-4-6-8-13/h4-10,23H,1,11H2,2-3H3/t21-/m1/s1. The van der Waals surface area contributed by atoms with Gasteiger partial charge in [0.05, 0.1) is 0 Å². The van der Waals surface area contributed by atoms with Crippen molar-refractivity contribution in [3.05, 3.63) is 70.4 Å². The van der Waals surface area contributed by atoms with Crippen LogP contribution in [0, 0.1) is 0 Å². The highest BCUT2D eigenvalue weighted by Gasteiger charge is 2.38. The van der Waals surface area contributed by atoms with Gasteiger partial charge in [-0.15, -0.1) is 0 Å². The van der Waals surface area contributed by atoms with Crippen LogP contribution in [0.2, 0.25) is 0 Å². The van der Waals surface area contributed by atoms with Crippen molar-refractivity contribution in [2.75, 3.05) is 0 Å². The van der Waals surface area contributed by atoms with Gasteiger partial charge in [0, 0.05) is 29.7 Å². The summed E-state index contributed by atoms with van der Waals surface area (Å²) in [6, 6.07) is 12.3. The van der Waals surface area contributed by atoms with Crippen molar-refractivity contribution in [3.8, 4) is 22.8 Å². The van der Waals surface area contributed by atoms with Crippen LogP contribution in [0.25, 0.3) is 22.3 Å². The maximum atomic E-state index is 12.6. The van der Waals surface area contributed by atoms with E-state index in [1.54, 1.807) is 0 Å². The molecule has 25 heavy (non-hydrogen) atoms. The number of phenols is 1. The fraction of sp³-hybridized carbons (Fsp3) is 0.190. The molecule has 126 valence electrons. The fourth-order valence-corrected chi connectivity index (χ4v) is 3.20. The summed E-state index contributed by atoms with van der Waals surface area (Å²) in [6.07, 6.45) is 0.537. The number of hydrogen-bond acceptors (Lipinski definition) is 4. The smallest absolute Gasteiger partial charge is 0.197 e.